The van der Waals surface area contributed by atoms with Gasteiger partial charge in [-0.15, -0.1) is 10.2 Å². The van der Waals surface area contributed by atoms with Gasteiger partial charge in [-0.1, -0.05) is 35.2 Å². The molecule has 5 nitrogen and oxygen atoms in total. The van der Waals surface area contributed by atoms with E-state index in [1.54, 1.807) is 23.2 Å². The Morgan fingerprint density at radius 3 is 3.00 bits per heavy atom. The second-order valence-electron chi connectivity index (χ2n) is 3.90. The molecule has 96 valence electrons. The maximum absolute atomic E-state index is 12.2. The lowest BCUT2D eigenvalue weighted by Crippen LogP contribution is -2.21. The van der Waals surface area contributed by atoms with Gasteiger partial charge in [-0.25, -0.2) is 4.98 Å². The fourth-order valence-electron chi connectivity index (χ4n) is 1.75. The molecule has 0 spiro atoms. The number of nitrogens with zero attached hydrogens (tertiary/aromatic N) is 4. The summed E-state index contributed by atoms with van der Waals surface area (Å²) in [6.07, 6.45) is 0. The molecule has 0 atom stereocenters. The molecule has 3 rings (SSSR count). The van der Waals surface area contributed by atoms with Crippen LogP contribution in [0, 0.1) is 0 Å². The first-order chi connectivity index (χ1) is 9.25. The Labute approximate surface area is 117 Å². The van der Waals surface area contributed by atoms with E-state index in [0.29, 0.717) is 11.1 Å². The number of hydrogen-bond donors (Lipinski definition) is 0. The molecule has 1 aromatic carbocycles. The summed E-state index contributed by atoms with van der Waals surface area (Å²) in [4.78, 5) is 16.7. The minimum atomic E-state index is -0.0153. The lowest BCUT2D eigenvalue weighted by Gasteiger charge is -2.07. The van der Waals surface area contributed by atoms with Crippen LogP contribution in [0.4, 0.5) is 0 Å². The molecule has 19 heavy (non-hydrogen) atoms. The fourth-order valence-corrected chi connectivity index (χ4v) is 3.22. The summed E-state index contributed by atoms with van der Waals surface area (Å²) in [5.41, 5.74) is 2.41. The van der Waals surface area contributed by atoms with Crippen LogP contribution in [0.2, 0.25) is 0 Å². The summed E-state index contributed by atoms with van der Waals surface area (Å²) in [6, 6.07) is 7.39. The maximum atomic E-state index is 12.2. The molecule has 7 heteroatoms. The van der Waals surface area contributed by atoms with Gasteiger partial charge < -0.3 is 0 Å². The summed E-state index contributed by atoms with van der Waals surface area (Å²) < 4.78 is 2.47. The Bertz CT molecular complexity index is 767. The Morgan fingerprint density at radius 2 is 2.21 bits per heavy atom. The zero-order valence-corrected chi connectivity index (χ0v) is 11.7. The Hall–Kier alpha value is -1.73. The second kappa shape index (κ2) is 5.10. The SMILES string of the molecule is Cn1c(CSc2nncs2)nc2ccccc2c1=O. The smallest absolute Gasteiger partial charge is 0.261 e. The van der Waals surface area contributed by atoms with E-state index in [-0.39, 0.29) is 5.56 Å². The second-order valence-corrected chi connectivity index (χ2v) is 5.96. The Morgan fingerprint density at radius 1 is 1.37 bits per heavy atom. The minimum Gasteiger partial charge on any atom is -0.299 e. The topological polar surface area (TPSA) is 60.7 Å². The van der Waals surface area contributed by atoms with Crippen LogP contribution < -0.4 is 5.56 Å². The summed E-state index contributed by atoms with van der Waals surface area (Å²) in [5, 5.41) is 8.39. The van der Waals surface area contributed by atoms with Crippen molar-refractivity contribution in [3.63, 3.8) is 0 Å². The predicted molar refractivity (Wildman–Crippen MR) is 76.5 cm³/mol. The van der Waals surface area contributed by atoms with Crippen LogP contribution in [0.25, 0.3) is 10.9 Å². The molecule has 3 aromatic rings. The summed E-state index contributed by atoms with van der Waals surface area (Å²) in [7, 11) is 1.75. The van der Waals surface area contributed by atoms with Gasteiger partial charge in [-0.3, -0.25) is 9.36 Å². The largest absolute Gasteiger partial charge is 0.299 e. The van der Waals surface area contributed by atoms with Gasteiger partial charge in [-0.05, 0) is 12.1 Å². The summed E-state index contributed by atoms with van der Waals surface area (Å²) in [6.45, 7) is 0. The van der Waals surface area contributed by atoms with Crippen LogP contribution in [0.5, 0.6) is 0 Å². The van der Waals surface area contributed by atoms with Crippen molar-refractivity contribution in [1.29, 1.82) is 0 Å². The standard InChI is InChI=1S/C12H10N4OS2/c1-16-10(6-18-12-15-13-7-19-12)14-9-5-3-2-4-8(9)11(16)17/h2-5,7H,6H2,1H3. The van der Waals surface area contributed by atoms with Crippen molar-refractivity contribution in [2.24, 2.45) is 7.05 Å². The van der Waals surface area contributed by atoms with Gasteiger partial charge >= 0.3 is 0 Å². The number of fused-ring (bicyclic) bond motifs is 1. The van der Waals surface area contributed by atoms with Crippen molar-refractivity contribution in [2.75, 3.05) is 0 Å². The van der Waals surface area contributed by atoms with Crippen LogP contribution in [0.3, 0.4) is 0 Å². The van der Waals surface area contributed by atoms with Crippen LogP contribution in [0.15, 0.2) is 38.9 Å². The zero-order valence-electron chi connectivity index (χ0n) is 10.1. The minimum absolute atomic E-state index is 0.0153. The molecular weight excluding hydrogens is 280 g/mol. The molecule has 0 aliphatic rings. The van der Waals surface area contributed by atoms with Gasteiger partial charge in [0.05, 0.1) is 16.7 Å². The summed E-state index contributed by atoms with van der Waals surface area (Å²) >= 11 is 3.02. The highest BCUT2D eigenvalue weighted by atomic mass is 32.2. The molecule has 2 heterocycles. The van der Waals surface area contributed by atoms with Crippen LogP contribution in [-0.2, 0) is 12.8 Å². The fraction of sp³-hybridized carbons (Fsp3) is 0.167. The molecule has 0 bridgehead atoms. The first-order valence-corrected chi connectivity index (χ1v) is 7.46. The van der Waals surface area contributed by atoms with Gasteiger partial charge in [0.2, 0.25) is 0 Å². The highest BCUT2D eigenvalue weighted by Crippen LogP contribution is 2.22. The monoisotopic (exact) mass is 290 g/mol. The Balaban J connectivity index is 1.99. The number of aromatic nitrogens is 4. The van der Waals surface area contributed by atoms with Gasteiger partial charge in [0.1, 0.15) is 11.3 Å². The van der Waals surface area contributed by atoms with Gasteiger partial charge in [0.25, 0.3) is 5.56 Å². The van der Waals surface area contributed by atoms with Crippen LogP contribution in [-0.4, -0.2) is 19.7 Å². The van der Waals surface area contributed by atoms with E-state index in [1.807, 2.05) is 18.2 Å². The molecule has 0 saturated carbocycles. The maximum Gasteiger partial charge on any atom is 0.261 e. The molecule has 0 fully saturated rings. The third kappa shape index (κ3) is 2.39. The normalized spacial score (nSPS) is 11.0. The van der Waals surface area contributed by atoms with Crippen LogP contribution >= 0.6 is 23.1 Å². The van der Waals surface area contributed by atoms with Crippen molar-refractivity contribution in [2.45, 2.75) is 10.1 Å². The van der Waals surface area contributed by atoms with Crippen molar-refractivity contribution in [3.8, 4) is 0 Å². The molecule has 0 saturated heterocycles. The predicted octanol–water partition coefficient (Wildman–Crippen LogP) is 2.08. The van der Waals surface area contributed by atoms with Gasteiger partial charge in [0, 0.05) is 7.05 Å². The number of para-hydroxylation sites is 1. The van der Waals surface area contributed by atoms with Crippen molar-refractivity contribution >= 4 is 34.0 Å². The molecule has 0 radical (unpaired) electrons. The van der Waals surface area contributed by atoms with E-state index >= 15 is 0 Å². The van der Waals surface area contributed by atoms with E-state index in [0.717, 1.165) is 15.7 Å². The van der Waals surface area contributed by atoms with Crippen molar-refractivity contribution in [1.82, 2.24) is 19.7 Å². The lowest BCUT2D eigenvalue weighted by atomic mass is 10.2. The van der Waals surface area contributed by atoms with E-state index in [2.05, 4.69) is 15.2 Å². The molecule has 0 amide bonds. The number of hydrogen-bond acceptors (Lipinski definition) is 6. The lowest BCUT2D eigenvalue weighted by molar-refractivity contribution is 0.785. The molecule has 0 aliphatic heterocycles. The average molecular weight is 290 g/mol. The molecule has 0 aliphatic carbocycles. The molecule has 0 unspecified atom stereocenters. The quantitative estimate of drug-likeness (QED) is 0.691. The molecule has 2 aromatic heterocycles. The highest BCUT2D eigenvalue weighted by Gasteiger charge is 2.08. The number of thioether (sulfide) groups is 1. The van der Waals surface area contributed by atoms with E-state index in [4.69, 9.17) is 0 Å². The third-order valence-electron chi connectivity index (χ3n) is 2.74. The van der Waals surface area contributed by atoms with Crippen molar-refractivity contribution < 1.29 is 0 Å². The van der Waals surface area contributed by atoms with Gasteiger partial charge in [-0.2, -0.15) is 0 Å². The van der Waals surface area contributed by atoms with E-state index in [1.165, 1.54) is 23.1 Å². The van der Waals surface area contributed by atoms with E-state index < -0.39 is 0 Å². The van der Waals surface area contributed by atoms with Crippen LogP contribution in [0.1, 0.15) is 5.82 Å². The van der Waals surface area contributed by atoms with E-state index in [9.17, 15) is 4.79 Å². The molecular formula is C12H10N4OS2. The Kier molecular flexibility index (Phi) is 3.31. The average Bonchev–Trinajstić information content (AvgIpc) is 2.94. The summed E-state index contributed by atoms with van der Waals surface area (Å²) in [5.74, 6) is 1.34. The zero-order chi connectivity index (χ0) is 13.2. The van der Waals surface area contributed by atoms with Crippen molar-refractivity contribution in [3.05, 3.63) is 46.0 Å². The molecule has 0 N–H and O–H groups in total. The van der Waals surface area contributed by atoms with Gasteiger partial charge in [0.15, 0.2) is 4.34 Å². The number of benzene rings is 1. The highest BCUT2D eigenvalue weighted by molar-refractivity contribution is 8.00. The first-order valence-electron chi connectivity index (χ1n) is 5.59. The first kappa shape index (κ1) is 12.3. The number of rotatable bonds is 3. The third-order valence-corrected chi connectivity index (χ3v) is 4.60.